The van der Waals surface area contributed by atoms with Crippen LogP contribution in [0, 0.1) is 5.92 Å². The number of hydrogen-bond donors (Lipinski definition) is 1. The van der Waals surface area contributed by atoms with Gasteiger partial charge in [-0.3, -0.25) is 4.79 Å². The molecule has 0 radical (unpaired) electrons. The van der Waals surface area contributed by atoms with Gasteiger partial charge in [-0.1, -0.05) is 83.2 Å². The molecule has 0 fully saturated rings. The van der Waals surface area contributed by atoms with E-state index in [1.54, 1.807) is 0 Å². The van der Waals surface area contributed by atoms with E-state index in [9.17, 15) is 4.79 Å². The minimum atomic E-state index is 0.321. The molecule has 2 aromatic carbocycles. The summed E-state index contributed by atoms with van der Waals surface area (Å²) in [7, 11) is 2.02. The molecule has 2 aromatic rings. The number of fused-ring (bicyclic) bond motifs is 5. The summed E-state index contributed by atoms with van der Waals surface area (Å²) in [5.74, 6) is 1.66. The first kappa shape index (κ1) is 29.0. The normalized spacial score (nSPS) is 15.9. The highest BCUT2D eigenvalue weighted by Crippen LogP contribution is 2.51. The highest BCUT2D eigenvalue weighted by molar-refractivity contribution is 6.03. The molecule has 2 nitrogen and oxygen atoms in total. The average Bonchev–Trinajstić information content (AvgIpc) is 3.39. The number of allylic oxidation sites excluding steroid dienone is 1. The molecular weight excluding hydrogens is 426 g/mol. The largest absolute Gasteiger partial charge is 0.313 e. The van der Waals surface area contributed by atoms with E-state index in [1.165, 1.54) is 71.1 Å². The zero-order valence-corrected chi connectivity index (χ0v) is 23.7. The standard InChI is InChI=1S/C27H35NO.C4H8.C2H6/c1-5-18(6-2)8-7-9-20-21-11-10-19(17(3)28-4)16-25(21)27-23(20)13-12-22-24(27)14-15-26(22)29;1-4(2)3;1-2/h10-13,16-18,20,28H,5-9,14-15H2,1-4H3;1H2,2-3H3;1-2H3. The van der Waals surface area contributed by atoms with E-state index in [0.29, 0.717) is 24.2 Å². The van der Waals surface area contributed by atoms with Gasteiger partial charge in [-0.15, -0.1) is 6.58 Å². The van der Waals surface area contributed by atoms with Gasteiger partial charge >= 0.3 is 0 Å². The fourth-order valence-electron chi connectivity index (χ4n) is 5.48. The third-order valence-corrected chi connectivity index (χ3v) is 7.54. The van der Waals surface area contributed by atoms with Crippen molar-refractivity contribution in [3.63, 3.8) is 0 Å². The van der Waals surface area contributed by atoms with Crippen molar-refractivity contribution in [3.05, 3.63) is 70.3 Å². The lowest BCUT2D eigenvalue weighted by Crippen LogP contribution is -2.12. The van der Waals surface area contributed by atoms with Gasteiger partial charge < -0.3 is 5.32 Å². The Kier molecular flexibility index (Phi) is 11.4. The Morgan fingerprint density at radius 2 is 1.66 bits per heavy atom. The molecule has 2 unspecified atom stereocenters. The molecule has 0 spiro atoms. The molecule has 2 aliphatic rings. The zero-order chi connectivity index (χ0) is 26.1. The Labute approximate surface area is 215 Å². The van der Waals surface area contributed by atoms with Crippen molar-refractivity contribution >= 4 is 5.78 Å². The molecule has 0 aromatic heterocycles. The topological polar surface area (TPSA) is 29.1 Å². The number of ketones is 1. The number of Topliss-reactive ketones (excluding diaryl/α,β-unsaturated/α-hetero) is 1. The van der Waals surface area contributed by atoms with Crippen molar-refractivity contribution < 1.29 is 4.79 Å². The highest BCUT2D eigenvalue weighted by atomic mass is 16.1. The first-order chi connectivity index (χ1) is 16.8. The summed E-state index contributed by atoms with van der Waals surface area (Å²) in [6.45, 7) is 18.3. The molecular formula is C33H49NO. The molecule has 0 bridgehead atoms. The second kappa shape index (κ2) is 13.8. The third kappa shape index (κ3) is 6.73. The summed E-state index contributed by atoms with van der Waals surface area (Å²) in [6.07, 6.45) is 7.97. The van der Waals surface area contributed by atoms with Crippen molar-refractivity contribution in [2.24, 2.45) is 5.92 Å². The Hall–Kier alpha value is -2.19. The molecule has 0 heterocycles. The van der Waals surface area contributed by atoms with Crippen LogP contribution in [0.25, 0.3) is 11.1 Å². The molecule has 4 rings (SSSR count). The van der Waals surface area contributed by atoms with E-state index >= 15 is 0 Å². The predicted octanol–water partition coefficient (Wildman–Crippen LogP) is 9.42. The maximum absolute atomic E-state index is 12.4. The zero-order valence-electron chi connectivity index (χ0n) is 23.7. The van der Waals surface area contributed by atoms with E-state index in [0.717, 1.165) is 17.9 Å². The van der Waals surface area contributed by atoms with Crippen molar-refractivity contribution in [2.75, 3.05) is 7.05 Å². The Balaban J connectivity index is 0.000000655. The molecule has 192 valence electrons. The minimum Gasteiger partial charge on any atom is -0.313 e. The number of benzene rings is 2. The van der Waals surface area contributed by atoms with Crippen LogP contribution in [0.4, 0.5) is 0 Å². The SMILES string of the molecule is C=C(C)C.CC.CCC(CC)CCCC1c2ccc(C(C)NC)cc2-c2c1ccc1c2CCC1=O. The number of carbonyl (C=O) groups excluding carboxylic acids is 1. The molecule has 1 N–H and O–H groups in total. The summed E-state index contributed by atoms with van der Waals surface area (Å²) >= 11 is 0. The van der Waals surface area contributed by atoms with Gasteiger partial charge in [0.15, 0.2) is 5.78 Å². The lowest BCUT2D eigenvalue weighted by molar-refractivity contribution is 0.0994. The van der Waals surface area contributed by atoms with Crippen LogP contribution in [0.2, 0.25) is 0 Å². The van der Waals surface area contributed by atoms with Crippen molar-refractivity contribution in [2.45, 2.75) is 105 Å². The summed E-state index contributed by atoms with van der Waals surface area (Å²) in [4.78, 5) is 12.4. The number of hydrogen-bond acceptors (Lipinski definition) is 2. The van der Waals surface area contributed by atoms with Crippen LogP contribution < -0.4 is 5.32 Å². The van der Waals surface area contributed by atoms with Crippen LogP contribution in [0.1, 0.15) is 132 Å². The quantitative estimate of drug-likeness (QED) is 0.385. The molecule has 35 heavy (non-hydrogen) atoms. The van der Waals surface area contributed by atoms with Gasteiger partial charge in [0.2, 0.25) is 0 Å². The highest BCUT2D eigenvalue weighted by Gasteiger charge is 2.34. The molecule has 0 saturated carbocycles. The summed E-state index contributed by atoms with van der Waals surface area (Å²) < 4.78 is 0. The van der Waals surface area contributed by atoms with Crippen molar-refractivity contribution in [1.82, 2.24) is 5.32 Å². The van der Waals surface area contributed by atoms with Crippen LogP contribution in [0.15, 0.2) is 42.5 Å². The molecule has 2 heteroatoms. The molecule has 0 saturated heterocycles. The van der Waals surface area contributed by atoms with Gasteiger partial charge in [-0.25, -0.2) is 0 Å². The minimum absolute atomic E-state index is 0.321. The smallest absolute Gasteiger partial charge is 0.163 e. The predicted molar refractivity (Wildman–Crippen MR) is 154 cm³/mol. The van der Waals surface area contributed by atoms with Crippen LogP contribution in [0.5, 0.6) is 0 Å². The van der Waals surface area contributed by atoms with Crippen LogP contribution in [-0.4, -0.2) is 12.8 Å². The lowest BCUT2D eigenvalue weighted by atomic mass is 9.87. The molecule has 2 aliphatic carbocycles. The second-order valence-corrected chi connectivity index (χ2v) is 10.2. The molecule has 0 aliphatic heterocycles. The van der Waals surface area contributed by atoms with Gasteiger partial charge in [-0.2, -0.15) is 0 Å². The average molecular weight is 476 g/mol. The van der Waals surface area contributed by atoms with Gasteiger partial charge in [0.05, 0.1) is 0 Å². The first-order valence-corrected chi connectivity index (χ1v) is 13.9. The summed E-state index contributed by atoms with van der Waals surface area (Å²) in [6, 6.07) is 11.8. The van der Waals surface area contributed by atoms with E-state index in [2.05, 4.69) is 63.0 Å². The Bertz CT molecular complexity index is 994. The first-order valence-electron chi connectivity index (χ1n) is 13.9. The van der Waals surface area contributed by atoms with Gasteiger partial charge in [0.25, 0.3) is 0 Å². The lowest BCUT2D eigenvalue weighted by Gasteiger charge is -2.17. The van der Waals surface area contributed by atoms with Crippen LogP contribution in [-0.2, 0) is 6.42 Å². The van der Waals surface area contributed by atoms with Crippen molar-refractivity contribution in [3.8, 4) is 11.1 Å². The fraction of sp³-hybridized carbons (Fsp3) is 0.545. The van der Waals surface area contributed by atoms with E-state index in [-0.39, 0.29) is 0 Å². The number of nitrogens with one attached hydrogen (secondary N) is 1. The van der Waals surface area contributed by atoms with E-state index in [1.807, 2.05) is 34.7 Å². The fourth-order valence-corrected chi connectivity index (χ4v) is 5.48. The Morgan fingerprint density at radius 1 is 1.03 bits per heavy atom. The maximum atomic E-state index is 12.4. The third-order valence-electron chi connectivity index (χ3n) is 7.54. The second-order valence-electron chi connectivity index (χ2n) is 10.2. The summed E-state index contributed by atoms with van der Waals surface area (Å²) in [5.41, 5.74) is 10.5. The van der Waals surface area contributed by atoms with Gasteiger partial charge in [0, 0.05) is 23.9 Å². The molecule has 2 atom stereocenters. The molecule has 0 amide bonds. The van der Waals surface area contributed by atoms with E-state index < -0.39 is 0 Å². The Morgan fingerprint density at radius 3 is 2.26 bits per heavy atom. The van der Waals surface area contributed by atoms with Gasteiger partial charge in [0.1, 0.15) is 0 Å². The van der Waals surface area contributed by atoms with Gasteiger partial charge in [-0.05, 0) is 86.0 Å². The van der Waals surface area contributed by atoms with E-state index in [4.69, 9.17) is 0 Å². The van der Waals surface area contributed by atoms with Crippen LogP contribution in [0.3, 0.4) is 0 Å². The monoisotopic (exact) mass is 475 g/mol. The van der Waals surface area contributed by atoms with Crippen molar-refractivity contribution in [1.29, 1.82) is 0 Å². The number of carbonyl (C=O) groups is 1. The van der Waals surface area contributed by atoms with Crippen LogP contribution >= 0.6 is 0 Å². The summed E-state index contributed by atoms with van der Waals surface area (Å²) in [5, 5.41) is 3.37. The maximum Gasteiger partial charge on any atom is 0.163 e. The number of rotatable bonds is 8.